The summed E-state index contributed by atoms with van der Waals surface area (Å²) in [7, 11) is 0. The number of dihydropyridines is 1. The van der Waals surface area contributed by atoms with Crippen LogP contribution in [-0.4, -0.2) is 38.4 Å². The molecular formula is C20H21F5N6. The zero-order valence-electron chi connectivity index (χ0n) is 17.2. The van der Waals surface area contributed by atoms with Crippen LogP contribution in [0.5, 0.6) is 0 Å². The molecule has 2 heterocycles. The Hall–Kier alpha value is -3.11. The summed E-state index contributed by atoms with van der Waals surface area (Å²) in [6.45, 7) is 6.93. The van der Waals surface area contributed by atoms with Gasteiger partial charge in [0, 0.05) is 23.2 Å². The fourth-order valence-corrected chi connectivity index (χ4v) is 2.85. The third kappa shape index (κ3) is 5.96. The summed E-state index contributed by atoms with van der Waals surface area (Å²) in [5.74, 6) is -2.63. The summed E-state index contributed by atoms with van der Waals surface area (Å²) >= 11 is 0. The molecule has 2 aromatic rings. The third-order valence-corrected chi connectivity index (χ3v) is 4.14. The number of alkyl halides is 3. The van der Waals surface area contributed by atoms with E-state index in [0.29, 0.717) is 6.07 Å². The molecule has 11 heteroatoms. The van der Waals surface area contributed by atoms with E-state index in [-0.39, 0.29) is 29.1 Å². The number of halogens is 5. The van der Waals surface area contributed by atoms with Gasteiger partial charge in [-0.1, -0.05) is 13.0 Å². The third-order valence-electron chi connectivity index (χ3n) is 4.14. The van der Waals surface area contributed by atoms with Crippen molar-refractivity contribution in [2.75, 3.05) is 10.6 Å². The van der Waals surface area contributed by atoms with Crippen molar-refractivity contribution >= 4 is 23.3 Å². The average Bonchev–Trinajstić information content (AvgIpc) is 2.58. The van der Waals surface area contributed by atoms with Crippen LogP contribution < -0.4 is 10.6 Å². The minimum Gasteiger partial charge on any atom is -0.349 e. The zero-order chi connectivity index (χ0) is 23.0. The highest BCUT2D eigenvalue weighted by atomic mass is 19.4. The number of allylic oxidation sites excluding steroid dienone is 1. The molecule has 2 N–H and O–H groups in total. The van der Waals surface area contributed by atoms with Crippen LogP contribution in [0, 0.1) is 17.6 Å². The maximum atomic E-state index is 13.5. The molecule has 0 bridgehead atoms. The second kappa shape index (κ2) is 8.20. The van der Waals surface area contributed by atoms with Crippen molar-refractivity contribution in [2.24, 2.45) is 10.9 Å². The summed E-state index contributed by atoms with van der Waals surface area (Å²) in [5, 5.41) is 5.67. The van der Waals surface area contributed by atoms with E-state index in [9.17, 15) is 22.0 Å². The molecule has 1 aliphatic heterocycles. The molecule has 0 fully saturated rings. The normalized spacial score (nSPS) is 19.2. The standard InChI is InChI=1S/C20H21F5N6/c1-10-5-6-14(27-15(10)20(23,24)25)16-28-17(30-18(29-16)31-19(2,3)4)26-13-8-11(21)7-12(22)9-13/h5-10,15H,1-4H3,(H2,26,28,29,30,31). The van der Waals surface area contributed by atoms with Crippen molar-refractivity contribution in [3.8, 4) is 0 Å². The Kier molecular flexibility index (Phi) is 5.97. The molecule has 0 saturated carbocycles. The van der Waals surface area contributed by atoms with Gasteiger partial charge in [0.25, 0.3) is 0 Å². The zero-order valence-corrected chi connectivity index (χ0v) is 17.2. The van der Waals surface area contributed by atoms with Crippen molar-refractivity contribution in [1.82, 2.24) is 15.0 Å². The molecule has 3 rings (SSSR count). The van der Waals surface area contributed by atoms with E-state index in [0.717, 1.165) is 12.1 Å². The molecular weight excluding hydrogens is 419 g/mol. The Labute approximate surface area is 175 Å². The first-order valence-electron chi connectivity index (χ1n) is 9.41. The highest BCUT2D eigenvalue weighted by molar-refractivity contribution is 6.07. The molecule has 0 spiro atoms. The van der Waals surface area contributed by atoms with Gasteiger partial charge in [0.1, 0.15) is 17.3 Å². The van der Waals surface area contributed by atoms with E-state index >= 15 is 0 Å². The Balaban J connectivity index is 2.04. The number of aliphatic imine (C=N–C) groups is 1. The van der Waals surface area contributed by atoms with Crippen LogP contribution in [0.15, 0.2) is 35.3 Å². The van der Waals surface area contributed by atoms with Crippen molar-refractivity contribution in [2.45, 2.75) is 45.5 Å². The molecule has 2 atom stereocenters. The van der Waals surface area contributed by atoms with Crippen LogP contribution in [0.4, 0.5) is 39.5 Å². The minimum atomic E-state index is -4.53. The van der Waals surface area contributed by atoms with Crippen LogP contribution in [0.3, 0.4) is 0 Å². The predicted molar refractivity (Wildman–Crippen MR) is 108 cm³/mol. The van der Waals surface area contributed by atoms with Gasteiger partial charge in [-0.25, -0.2) is 8.78 Å². The van der Waals surface area contributed by atoms with Crippen molar-refractivity contribution in [3.63, 3.8) is 0 Å². The van der Waals surface area contributed by atoms with Gasteiger partial charge in [0.15, 0.2) is 11.9 Å². The van der Waals surface area contributed by atoms with Crippen LogP contribution >= 0.6 is 0 Å². The lowest BCUT2D eigenvalue weighted by molar-refractivity contribution is -0.153. The number of benzene rings is 1. The minimum absolute atomic E-state index is 0.0271. The topological polar surface area (TPSA) is 75.1 Å². The molecule has 2 unspecified atom stereocenters. The summed E-state index contributed by atoms with van der Waals surface area (Å²) in [6.07, 6.45) is -1.74. The first-order chi connectivity index (χ1) is 14.3. The number of hydrogen-bond acceptors (Lipinski definition) is 6. The molecule has 0 saturated heterocycles. The number of nitrogens with one attached hydrogen (secondary N) is 2. The van der Waals surface area contributed by atoms with E-state index in [1.807, 2.05) is 20.8 Å². The molecule has 0 amide bonds. The van der Waals surface area contributed by atoms with Gasteiger partial charge in [-0.15, -0.1) is 0 Å². The number of aromatic nitrogens is 3. The van der Waals surface area contributed by atoms with Crippen LogP contribution in [0.2, 0.25) is 0 Å². The first-order valence-corrected chi connectivity index (χ1v) is 9.41. The van der Waals surface area contributed by atoms with Gasteiger partial charge in [0.05, 0.1) is 0 Å². The molecule has 1 aliphatic rings. The SMILES string of the molecule is CC1C=CC(c2nc(Nc3cc(F)cc(F)c3)nc(NC(C)(C)C)n2)=NC1C(F)(F)F. The van der Waals surface area contributed by atoms with Crippen LogP contribution in [-0.2, 0) is 0 Å². The second-order valence-corrected chi connectivity index (χ2v) is 8.18. The highest BCUT2D eigenvalue weighted by Gasteiger charge is 2.43. The quantitative estimate of drug-likeness (QED) is 0.653. The fraction of sp³-hybridized carbons (Fsp3) is 0.400. The van der Waals surface area contributed by atoms with Gasteiger partial charge in [-0.2, -0.15) is 28.1 Å². The number of hydrogen-bond donors (Lipinski definition) is 2. The Bertz CT molecular complexity index is 1010. The summed E-state index contributed by atoms with van der Waals surface area (Å²) in [5.41, 5.74) is -0.527. The van der Waals surface area contributed by atoms with Gasteiger partial charge in [-0.05, 0) is 39.0 Å². The summed E-state index contributed by atoms with van der Waals surface area (Å²) in [6, 6.07) is 0.833. The van der Waals surface area contributed by atoms with Gasteiger partial charge < -0.3 is 10.6 Å². The van der Waals surface area contributed by atoms with Crippen molar-refractivity contribution < 1.29 is 22.0 Å². The maximum absolute atomic E-state index is 13.5. The van der Waals surface area contributed by atoms with Crippen LogP contribution in [0.1, 0.15) is 33.5 Å². The number of nitrogens with zero attached hydrogens (tertiary/aromatic N) is 4. The largest absolute Gasteiger partial charge is 0.411 e. The predicted octanol–water partition coefficient (Wildman–Crippen LogP) is 5.03. The second-order valence-electron chi connectivity index (χ2n) is 8.18. The molecule has 1 aromatic carbocycles. The van der Waals surface area contributed by atoms with E-state index < -0.39 is 35.3 Å². The van der Waals surface area contributed by atoms with E-state index in [1.165, 1.54) is 19.1 Å². The molecule has 31 heavy (non-hydrogen) atoms. The van der Waals surface area contributed by atoms with Crippen molar-refractivity contribution in [1.29, 1.82) is 0 Å². The molecule has 1 aromatic heterocycles. The Morgan fingerprint density at radius 3 is 2.10 bits per heavy atom. The van der Waals surface area contributed by atoms with Crippen LogP contribution in [0.25, 0.3) is 0 Å². The monoisotopic (exact) mass is 440 g/mol. The van der Waals surface area contributed by atoms with E-state index in [2.05, 4.69) is 30.6 Å². The highest BCUT2D eigenvalue weighted by Crippen LogP contribution is 2.32. The molecule has 0 radical (unpaired) electrons. The maximum Gasteiger partial charge on any atom is 0.411 e. The lowest BCUT2D eigenvalue weighted by atomic mass is 9.97. The van der Waals surface area contributed by atoms with Gasteiger partial charge in [0.2, 0.25) is 11.9 Å². The lowest BCUT2D eigenvalue weighted by Gasteiger charge is -2.25. The smallest absolute Gasteiger partial charge is 0.349 e. The summed E-state index contributed by atoms with van der Waals surface area (Å²) in [4.78, 5) is 16.3. The van der Waals surface area contributed by atoms with Gasteiger partial charge in [-0.3, -0.25) is 4.99 Å². The Morgan fingerprint density at radius 2 is 1.52 bits per heavy atom. The lowest BCUT2D eigenvalue weighted by Crippen LogP contribution is -2.35. The first kappa shape index (κ1) is 22.6. The number of rotatable bonds is 4. The fourth-order valence-electron chi connectivity index (χ4n) is 2.85. The molecule has 6 nitrogen and oxygen atoms in total. The summed E-state index contributed by atoms with van der Waals surface area (Å²) < 4.78 is 67.0. The molecule has 0 aliphatic carbocycles. The molecule has 166 valence electrons. The van der Waals surface area contributed by atoms with Gasteiger partial charge >= 0.3 is 6.18 Å². The van der Waals surface area contributed by atoms with Crippen molar-refractivity contribution in [3.05, 3.63) is 47.8 Å². The van der Waals surface area contributed by atoms with E-state index in [4.69, 9.17) is 0 Å². The average molecular weight is 440 g/mol. The van der Waals surface area contributed by atoms with E-state index in [1.54, 1.807) is 0 Å². The number of anilines is 3. The Morgan fingerprint density at radius 1 is 0.903 bits per heavy atom.